The van der Waals surface area contributed by atoms with Gasteiger partial charge in [-0.2, -0.15) is 5.10 Å². The molecule has 2 N–H and O–H groups in total. The average molecular weight is 398 g/mol. The van der Waals surface area contributed by atoms with Crippen LogP contribution in [0.5, 0.6) is 5.75 Å². The molecule has 4 aromatic rings. The Bertz CT molecular complexity index is 1170. The van der Waals surface area contributed by atoms with Gasteiger partial charge in [-0.3, -0.25) is 0 Å². The molecule has 8 heteroatoms. The van der Waals surface area contributed by atoms with Gasteiger partial charge in [0.25, 0.3) is 0 Å². The number of pyridine rings is 1. The molecule has 0 atom stereocenters. The van der Waals surface area contributed by atoms with Crippen LogP contribution in [0.15, 0.2) is 54.6 Å². The number of para-hydroxylation sites is 2. The Morgan fingerprint density at radius 2 is 1.96 bits per heavy atom. The Balaban J connectivity index is 1.68. The Kier molecular flexibility index (Phi) is 4.79. The summed E-state index contributed by atoms with van der Waals surface area (Å²) in [6.07, 6.45) is 0. The molecule has 0 spiro atoms. The van der Waals surface area contributed by atoms with Gasteiger partial charge >= 0.3 is 0 Å². The smallest absolute Gasteiger partial charge is 0.214 e. The molecule has 136 valence electrons. The standard InChI is InChI=1S/C19H16ClN5OS/c1-26-16-9-5-3-7-14(16)18-23-24-19(27)25(18)21-11-13-10-12-6-2-4-8-15(12)22-17(13)20/h2-10,21H,11H2,1H3,(H,24,27). The van der Waals surface area contributed by atoms with E-state index in [0.717, 1.165) is 22.0 Å². The largest absolute Gasteiger partial charge is 0.496 e. The summed E-state index contributed by atoms with van der Waals surface area (Å²) in [4.78, 5) is 4.45. The third kappa shape index (κ3) is 3.39. The van der Waals surface area contributed by atoms with Crippen LogP contribution in [-0.4, -0.2) is 27.0 Å². The van der Waals surface area contributed by atoms with Crippen molar-refractivity contribution in [3.63, 3.8) is 0 Å². The van der Waals surface area contributed by atoms with E-state index in [2.05, 4.69) is 20.6 Å². The minimum atomic E-state index is 0.437. The van der Waals surface area contributed by atoms with Gasteiger partial charge in [0.1, 0.15) is 10.9 Å². The molecule has 27 heavy (non-hydrogen) atoms. The number of hydrogen-bond donors (Lipinski definition) is 2. The zero-order valence-corrected chi connectivity index (χ0v) is 16.0. The highest BCUT2D eigenvalue weighted by Gasteiger charge is 2.14. The summed E-state index contributed by atoms with van der Waals surface area (Å²) in [5.74, 6) is 1.34. The number of halogens is 1. The quantitative estimate of drug-likeness (QED) is 0.381. The van der Waals surface area contributed by atoms with Gasteiger partial charge in [0.15, 0.2) is 5.82 Å². The zero-order chi connectivity index (χ0) is 18.8. The summed E-state index contributed by atoms with van der Waals surface area (Å²) in [6, 6.07) is 17.5. The van der Waals surface area contributed by atoms with Crippen molar-refractivity contribution in [1.29, 1.82) is 0 Å². The van der Waals surface area contributed by atoms with Crippen molar-refractivity contribution in [2.45, 2.75) is 6.54 Å². The highest BCUT2D eigenvalue weighted by atomic mass is 35.5. The summed E-state index contributed by atoms with van der Waals surface area (Å²) in [6.45, 7) is 0.437. The first kappa shape index (κ1) is 17.5. The summed E-state index contributed by atoms with van der Waals surface area (Å²) < 4.78 is 7.59. The molecule has 0 aliphatic carbocycles. The molecule has 2 aromatic carbocycles. The van der Waals surface area contributed by atoms with Gasteiger partial charge in [0.2, 0.25) is 4.77 Å². The van der Waals surface area contributed by atoms with Crippen LogP contribution in [0.2, 0.25) is 5.15 Å². The maximum Gasteiger partial charge on any atom is 0.214 e. The number of ether oxygens (including phenoxy) is 1. The zero-order valence-electron chi connectivity index (χ0n) is 14.4. The lowest BCUT2D eigenvalue weighted by Gasteiger charge is -2.13. The maximum absolute atomic E-state index is 6.36. The second kappa shape index (κ2) is 7.38. The number of rotatable bonds is 5. The van der Waals surface area contributed by atoms with E-state index in [1.54, 1.807) is 11.8 Å². The van der Waals surface area contributed by atoms with Crippen molar-refractivity contribution >= 4 is 34.7 Å². The van der Waals surface area contributed by atoms with Crippen LogP contribution in [0.3, 0.4) is 0 Å². The summed E-state index contributed by atoms with van der Waals surface area (Å²) in [7, 11) is 1.62. The van der Waals surface area contributed by atoms with E-state index in [9.17, 15) is 0 Å². The lowest BCUT2D eigenvalue weighted by atomic mass is 10.1. The number of nitrogens with zero attached hydrogens (tertiary/aromatic N) is 3. The minimum absolute atomic E-state index is 0.437. The number of aromatic amines is 1. The maximum atomic E-state index is 6.36. The number of fused-ring (bicyclic) bond motifs is 1. The lowest BCUT2D eigenvalue weighted by molar-refractivity contribution is 0.416. The summed E-state index contributed by atoms with van der Waals surface area (Å²) in [5.41, 5.74) is 5.82. The number of nitrogens with one attached hydrogen (secondary N) is 2. The van der Waals surface area contributed by atoms with Gasteiger partial charge in [-0.15, -0.1) is 0 Å². The van der Waals surface area contributed by atoms with Gasteiger partial charge < -0.3 is 10.2 Å². The Labute approximate surface area is 165 Å². The van der Waals surface area contributed by atoms with Crippen molar-refractivity contribution in [1.82, 2.24) is 19.9 Å². The molecule has 0 unspecified atom stereocenters. The van der Waals surface area contributed by atoms with Crippen molar-refractivity contribution in [3.05, 3.63) is 70.1 Å². The predicted octanol–water partition coefficient (Wildman–Crippen LogP) is 4.56. The van der Waals surface area contributed by atoms with Crippen molar-refractivity contribution in [3.8, 4) is 17.1 Å². The fourth-order valence-corrected chi connectivity index (χ4v) is 3.29. The number of benzene rings is 2. The summed E-state index contributed by atoms with van der Waals surface area (Å²) >= 11 is 11.7. The van der Waals surface area contributed by atoms with Crippen LogP contribution in [-0.2, 0) is 6.54 Å². The number of aromatic nitrogens is 4. The van der Waals surface area contributed by atoms with Crippen molar-refractivity contribution in [2.75, 3.05) is 12.5 Å². The molecule has 6 nitrogen and oxygen atoms in total. The van der Waals surface area contributed by atoms with E-state index < -0.39 is 0 Å². The lowest BCUT2D eigenvalue weighted by Crippen LogP contribution is -2.16. The first-order valence-electron chi connectivity index (χ1n) is 8.26. The molecule has 4 rings (SSSR count). The third-order valence-corrected chi connectivity index (χ3v) is 4.80. The number of H-pyrrole nitrogens is 1. The number of hydrogen-bond acceptors (Lipinski definition) is 5. The molecule has 2 aromatic heterocycles. The van der Waals surface area contributed by atoms with Gasteiger partial charge in [-0.1, -0.05) is 41.9 Å². The second-order valence-electron chi connectivity index (χ2n) is 5.85. The molecule has 0 aliphatic rings. The molecule has 0 bridgehead atoms. The van der Waals surface area contributed by atoms with Crippen LogP contribution in [0.1, 0.15) is 5.56 Å². The monoisotopic (exact) mass is 397 g/mol. The molecule has 0 amide bonds. The Morgan fingerprint density at radius 1 is 1.19 bits per heavy atom. The van der Waals surface area contributed by atoms with Crippen LogP contribution in [0, 0.1) is 4.77 Å². The normalized spacial score (nSPS) is 10.9. The topological polar surface area (TPSA) is 67.8 Å². The van der Waals surface area contributed by atoms with Crippen LogP contribution >= 0.6 is 23.8 Å². The number of methoxy groups -OCH3 is 1. The van der Waals surface area contributed by atoms with Gasteiger partial charge in [-0.25, -0.2) is 14.8 Å². The fraction of sp³-hybridized carbons (Fsp3) is 0.105. The van der Waals surface area contributed by atoms with E-state index in [0.29, 0.717) is 28.0 Å². The highest BCUT2D eigenvalue weighted by Crippen LogP contribution is 2.28. The molecular formula is C19H16ClN5OS. The average Bonchev–Trinajstić information content (AvgIpc) is 3.06. The van der Waals surface area contributed by atoms with Gasteiger partial charge in [-0.05, 0) is 36.5 Å². The summed E-state index contributed by atoms with van der Waals surface area (Å²) in [5, 5.41) is 8.63. The van der Waals surface area contributed by atoms with E-state index >= 15 is 0 Å². The molecule has 2 heterocycles. The molecule has 0 aliphatic heterocycles. The van der Waals surface area contributed by atoms with E-state index in [4.69, 9.17) is 28.6 Å². The van der Waals surface area contributed by atoms with Crippen molar-refractivity contribution < 1.29 is 4.74 Å². The van der Waals surface area contributed by atoms with Crippen LogP contribution in [0.25, 0.3) is 22.3 Å². The fourth-order valence-electron chi connectivity index (χ4n) is 2.88. The van der Waals surface area contributed by atoms with Gasteiger partial charge in [0, 0.05) is 10.9 Å². The minimum Gasteiger partial charge on any atom is -0.496 e. The molecule has 0 saturated carbocycles. The van der Waals surface area contributed by atoms with Crippen LogP contribution < -0.4 is 10.2 Å². The second-order valence-corrected chi connectivity index (χ2v) is 6.60. The molecule has 0 saturated heterocycles. The highest BCUT2D eigenvalue weighted by molar-refractivity contribution is 7.71. The first-order valence-corrected chi connectivity index (χ1v) is 9.05. The van der Waals surface area contributed by atoms with E-state index in [-0.39, 0.29) is 0 Å². The Morgan fingerprint density at radius 3 is 2.81 bits per heavy atom. The van der Waals surface area contributed by atoms with Crippen LogP contribution in [0.4, 0.5) is 0 Å². The van der Waals surface area contributed by atoms with E-state index in [1.165, 1.54) is 0 Å². The third-order valence-electron chi connectivity index (χ3n) is 4.20. The Hall–Kier alpha value is -2.90. The predicted molar refractivity (Wildman–Crippen MR) is 109 cm³/mol. The first-order chi connectivity index (χ1) is 13.2. The molecule has 0 radical (unpaired) electrons. The van der Waals surface area contributed by atoms with Gasteiger partial charge in [0.05, 0.1) is 24.7 Å². The molecular weight excluding hydrogens is 382 g/mol. The van der Waals surface area contributed by atoms with Crippen molar-refractivity contribution in [2.24, 2.45) is 0 Å². The molecule has 0 fully saturated rings. The SMILES string of the molecule is COc1ccccc1-c1n[nH]c(=S)n1NCc1cc2ccccc2nc1Cl. The van der Waals surface area contributed by atoms with E-state index in [1.807, 2.05) is 54.6 Å².